The number of carbonyl (C=O) groups is 2. The molecule has 3 aromatic rings. The summed E-state index contributed by atoms with van der Waals surface area (Å²) in [5.74, 6) is -0.798. The Morgan fingerprint density at radius 1 is 0.926 bits per heavy atom. The molecule has 138 valence electrons. The third kappa shape index (κ3) is 3.44. The molecular weight excluding hydrogens is 353 g/mol. The van der Waals surface area contributed by atoms with E-state index in [2.05, 4.69) is 4.98 Å². The lowest BCUT2D eigenvalue weighted by molar-refractivity contribution is 0.0591. The van der Waals surface area contributed by atoms with Gasteiger partial charge in [-0.05, 0) is 36.4 Å². The Kier molecular flexibility index (Phi) is 5.03. The number of carbonyl (C=O) groups excluding carboxylic acids is 2. The van der Waals surface area contributed by atoms with Crippen LogP contribution in [0.4, 0.5) is 4.39 Å². The lowest BCUT2D eigenvalue weighted by atomic mass is 9.99. The van der Waals surface area contributed by atoms with Crippen LogP contribution in [-0.4, -0.2) is 38.1 Å². The summed E-state index contributed by atoms with van der Waals surface area (Å²) < 4.78 is 28.4. The first-order chi connectivity index (χ1) is 13.0. The van der Waals surface area contributed by atoms with Crippen molar-refractivity contribution in [1.29, 1.82) is 0 Å². The largest absolute Gasteiger partial charge is 0.493 e. The number of rotatable bonds is 5. The highest BCUT2D eigenvalue weighted by atomic mass is 19.1. The van der Waals surface area contributed by atoms with Gasteiger partial charge in [-0.1, -0.05) is 0 Å². The minimum Gasteiger partial charge on any atom is -0.493 e. The zero-order valence-corrected chi connectivity index (χ0v) is 14.9. The van der Waals surface area contributed by atoms with E-state index in [4.69, 9.17) is 14.2 Å². The summed E-state index contributed by atoms with van der Waals surface area (Å²) in [5.41, 5.74) is 0.576. The van der Waals surface area contributed by atoms with Gasteiger partial charge >= 0.3 is 5.97 Å². The predicted octanol–water partition coefficient (Wildman–Crippen LogP) is 3.41. The molecule has 1 heterocycles. The van der Waals surface area contributed by atoms with Crippen LogP contribution in [0.25, 0.3) is 10.9 Å². The van der Waals surface area contributed by atoms with Crippen molar-refractivity contribution in [1.82, 2.24) is 4.98 Å². The topological polar surface area (TPSA) is 74.7 Å². The summed E-state index contributed by atoms with van der Waals surface area (Å²) in [7, 11) is 4.18. The second kappa shape index (κ2) is 7.41. The highest BCUT2D eigenvalue weighted by molar-refractivity contribution is 6.15. The van der Waals surface area contributed by atoms with E-state index in [0.717, 1.165) is 0 Å². The number of hydrogen-bond donors (Lipinski definition) is 0. The van der Waals surface area contributed by atoms with Gasteiger partial charge in [-0.3, -0.25) is 4.79 Å². The number of benzene rings is 2. The van der Waals surface area contributed by atoms with E-state index in [1.807, 2.05) is 0 Å². The van der Waals surface area contributed by atoms with Crippen LogP contribution in [0.15, 0.2) is 42.5 Å². The second-order valence-corrected chi connectivity index (χ2v) is 5.61. The summed E-state index contributed by atoms with van der Waals surface area (Å²) in [6.45, 7) is 0. The molecule has 0 fully saturated rings. The maximum absolute atomic E-state index is 13.2. The summed E-state index contributed by atoms with van der Waals surface area (Å²) >= 11 is 0. The molecule has 0 radical (unpaired) electrons. The minimum absolute atomic E-state index is 0.0492. The predicted molar refractivity (Wildman–Crippen MR) is 96.0 cm³/mol. The summed E-state index contributed by atoms with van der Waals surface area (Å²) in [6.07, 6.45) is 0. The molecule has 0 aliphatic rings. The molecule has 0 saturated heterocycles. The third-order valence-corrected chi connectivity index (χ3v) is 4.05. The fourth-order valence-corrected chi connectivity index (χ4v) is 2.68. The molecular formula is C20H16FNO5. The van der Waals surface area contributed by atoms with Crippen molar-refractivity contribution in [3.8, 4) is 11.5 Å². The maximum atomic E-state index is 13.2. The molecule has 0 N–H and O–H groups in total. The fraction of sp³-hybridized carbons (Fsp3) is 0.150. The van der Waals surface area contributed by atoms with Gasteiger partial charge in [0.05, 0.1) is 32.4 Å². The van der Waals surface area contributed by atoms with Crippen molar-refractivity contribution >= 4 is 22.7 Å². The number of pyridine rings is 1. The highest BCUT2D eigenvalue weighted by Gasteiger charge is 2.23. The van der Waals surface area contributed by atoms with E-state index in [9.17, 15) is 14.0 Å². The van der Waals surface area contributed by atoms with Crippen molar-refractivity contribution in [2.75, 3.05) is 21.3 Å². The summed E-state index contributed by atoms with van der Waals surface area (Å²) in [5, 5.41) is 0.575. The number of ketones is 1. The standard InChI is InChI=1S/C20H16FNO5/c1-25-16-9-12-8-14(19(23)11-4-6-13(21)7-5-11)18(20(24)27-3)22-15(12)10-17(16)26-2/h4-10H,1-3H3. The molecule has 0 aliphatic carbocycles. The van der Waals surface area contributed by atoms with Gasteiger partial charge in [0.1, 0.15) is 5.82 Å². The molecule has 0 bridgehead atoms. The van der Waals surface area contributed by atoms with Gasteiger partial charge in [0.25, 0.3) is 0 Å². The van der Waals surface area contributed by atoms with Crippen LogP contribution in [0, 0.1) is 5.82 Å². The van der Waals surface area contributed by atoms with E-state index in [1.165, 1.54) is 51.7 Å². The normalized spacial score (nSPS) is 10.5. The molecule has 6 nitrogen and oxygen atoms in total. The van der Waals surface area contributed by atoms with Gasteiger partial charge in [-0.15, -0.1) is 0 Å². The van der Waals surface area contributed by atoms with Gasteiger partial charge in [0, 0.05) is 17.0 Å². The van der Waals surface area contributed by atoms with E-state index in [0.29, 0.717) is 22.4 Å². The Morgan fingerprint density at radius 3 is 2.15 bits per heavy atom. The zero-order chi connectivity index (χ0) is 19.6. The number of aromatic nitrogens is 1. The van der Waals surface area contributed by atoms with Crippen molar-refractivity contribution in [2.24, 2.45) is 0 Å². The first kappa shape index (κ1) is 18.3. The maximum Gasteiger partial charge on any atom is 0.357 e. The molecule has 3 rings (SSSR count). The van der Waals surface area contributed by atoms with E-state index >= 15 is 0 Å². The average molecular weight is 369 g/mol. The van der Waals surface area contributed by atoms with Crippen molar-refractivity contribution in [3.63, 3.8) is 0 Å². The van der Waals surface area contributed by atoms with Gasteiger partial charge < -0.3 is 14.2 Å². The minimum atomic E-state index is -0.753. The second-order valence-electron chi connectivity index (χ2n) is 5.61. The quantitative estimate of drug-likeness (QED) is 0.507. The molecule has 27 heavy (non-hydrogen) atoms. The molecule has 0 amide bonds. The number of methoxy groups -OCH3 is 3. The van der Waals surface area contributed by atoms with Crippen LogP contribution >= 0.6 is 0 Å². The van der Waals surface area contributed by atoms with Crippen LogP contribution in [0.3, 0.4) is 0 Å². The zero-order valence-electron chi connectivity index (χ0n) is 14.9. The fourth-order valence-electron chi connectivity index (χ4n) is 2.68. The van der Waals surface area contributed by atoms with Gasteiger partial charge in [-0.25, -0.2) is 14.2 Å². The Balaban J connectivity index is 2.23. The molecule has 2 aromatic carbocycles. The third-order valence-electron chi connectivity index (χ3n) is 4.05. The Hall–Kier alpha value is -3.48. The smallest absolute Gasteiger partial charge is 0.357 e. The molecule has 0 saturated carbocycles. The molecule has 7 heteroatoms. The molecule has 0 spiro atoms. The van der Waals surface area contributed by atoms with Crippen LogP contribution < -0.4 is 9.47 Å². The Labute approximate surface area is 154 Å². The van der Waals surface area contributed by atoms with Crippen molar-refractivity contribution in [2.45, 2.75) is 0 Å². The van der Waals surface area contributed by atoms with Gasteiger partial charge in [-0.2, -0.15) is 0 Å². The number of nitrogens with zero attached hydrogens (tertiary/aromatic N) is 1. The SMILES string of the molecule is COC(=O)c1nc2cc(OC)c(OC)cc2cc1C(=O)c1ccc(F)cc1. The van der Waals surface area contributed by atoms with Crippen LogP contribution in [0.2, 0.25) is 0 Å². The van der Waals surface area contributed by atoms with Crippen molar-refractivity contribution < 1.29 is 28.2 Å². The summed E-state index contributed by atoms with van der Waals surface area (Å²) in [6, 6.07) is 9.83. The van der Waals surface area contributed by atoms with Crippen LogP contribution in [0.5, 0.6) is 11.5 Å². The van der Waals surface area contributed by atoms with E-state index in [-0.39, 0.29) is 16.8 Å². The number of halogens is 1. The number of hydrogen-bond acceptors (Lipinski definition) is 6. The lowest BCUT2D eigenvalue weighted by Gasteiger charge is -2.12. The van der Waals surface area contributed by atoms with Gasteiger partial charge in [0.15, 0.2) is 23.0 Å². The highest BCUT2D eigenvalue weighted by Crippen LogP contribution is 2.32. The number of fused-ring (bicyclic) bond motifs is 1. The monoisotopic (exact) mass is 369 g/mol. The number of ether oxygens (including phenoxy) is 3. The Bertz CT molecular complexity index is 1030. The average Bonchev–Trinajstić information content (AvgIpc) is 2.71. The van der Waals surface area contributed by atoms with E-state index < -0.39 is 17.6 Å². The lowest BCUT2D eigenvalue weighted by Crippen LogP contribution is -2.14. The molecule has 0 unspecified atom stereocenters. The molecule has 0 aliphatic heterocycles. The number of esters is 1. The van der Waals surface area contributed by atoms with Crippen LogP contribution in [-0.2, 0) is 4.74 Å². The van der Waals surface area contributed by atoms with Crippen LogP contribution in [0.1, 0.15) is 26.4 Å². The summed E-state index contributed by atoms with van der Waals surface area (Å²) in [4.78, 5) is 29.4. The first-order valence-electron chi connectivity index (χ1n) is 7.93. The molecule has 1 aromatic heterocycles. The van der Waals surface area contributed by atoms with Crippen molar-refractivity contribution in [3.05, 3.63) is 65.1 Å². The molecule has 0 atom stereocenters. The van der Waals surface area contributed by atoms with Gasteiger partial charge in [0.2, 0.25) is 0 Å². The van der Waals surface area contributed by atoms with E-state index in [1.54, 1.807) is 12.1 Å². The Morgan fingerprint density at radius 2 is 1.56 bits per heavy atom. The first-order valence-corrected chi connectivity index (χ1v) is 7.93.